The fourth-order valence-electron chi connectivity index (χ4n) is 1.68. The molecule has 0 aromatic heterocycles. The van der Waals surface area contributed by atoms with Crippen LogP contribution < -0.4 is 11.1 Å². The molecule has 0 heterocycles. The first kappa shape index (κ1) is 15.5. The van der Waals surface area contributed by atoms with Gasteiger partial charge in [-0.1, -0.05) is 11.6 Å². The first-order valence-electron chi connectivity index (χ1n) is 6.04. The molecule has 0 unspecified atom stereocenters. The van der Waals surface area contributed by atoms with Crippen LogP contribution >= 0.6 is 11.6 Å². The highest BCUT2D eigenvalue weighted by Crippen LogP contribution is 2.23. The molecule has 0 atom stereocenters. The van der Waals surface area contributed by atoms with E-state index >= 15 is 0 Å². The molecular weight excluding hydrogens is 312 g/mol. The molecule has 3 N–H and O–H groups in total. The van der Waals surface area contributed by atoms with Crippen molar-refractivity contribution in [3.05, 3.63) is 53.6 Å². The lowest BCUT2D eigenvalue weighted by Gasteiger charge is -2.07. The number of halogens is 1. The average molecular weight is 325 g/mol. The first-order valence-corrected chi connectivity index (χ1v) is 7.90. The van der Waals surface area contributed by atoms with Crippen LogP contribution in [0.2, 0.25) is 5.02 Å². The van der Waals surface area contributed by atoms with E-state index in [1.807, 2.05) is 0 Å². The zero-order valence-corrected chi connectivity index (χ0v) is 12.5. The number of nitrogens with two attached hydrogens (primary N) is 1. The molecular formula is C14H13ClN2O3S. The van der Waals surface area contributed by atoms with E-state index in [9.17, 15) is 13.2 Å². The molecule has 2 rings (SSSR count). The van der Waals surface area contributed by atoms with E-state index in [-0.39, 0.29) is 22.2 Å². The van der Waals surface area contributed by atoms with Gasteiger partial charge in [-0.05, 0) is 48.5 Å². The Balaban J connectivity index is 2.29. The predicted molar refractivity (Wildman–Crippen MR) is 81.0 cm³/mol. The molecule has 0 spiro atoms. The number of carbonyl (C=O) groups excluding carboxylic acids is 1. The van der Waals surface area contributed by atoms with Gasteiger partial charge in [0.1, 0.15) is 0 Å². The molecule has 2 aromatic carbocycles. The molecule has 110 valence electrons. The Kier molecular flexibility index (Phi) is 4.62. The van der Waals surface area contributed by atoms with Gasteiger partial charge in [0.05, 0.1) is 16.3 Å². The lowest BCUT2D eigenvalue weighted by molar-refractivity contribution is -0.114. The van der Waals surface area contributed by atoms with E-state index in [1.165, 1.54) is 48.5 Å². The number of carbonyl (C=O) groups is 1. The SMILES string of the molecule is NCC(=O)Nc1ccc(S(=O)(=O)c2ccc(Cl)cc2)cc1. The third-order valence-electron chi connectivity index (χ3n) is 2.76. The van der Waals surface area contributed by atoms with Crippen LogP contribution in [-0.4, -0.2) is 20.9 Å². The van der Waals surface area contributed by atoms with E-state index in [4.69, 9.17) is 17.3 Å². The number of rotatable bonds is 4. The van der Waals surface area contributed by atoms with E-state index in [0.717, 1.165) is 0 Å². The van der Waals surface area contributed by atoms with Crippen LogP contribution in [0.25, 0.3) is 0 Å². The molecule has 0 aliphatic carbocycles. The fourth-order valence-corrected chi connectivity index (χ4v) is 3.07. The molecule has 0 fully saturated rings. The van der Waals surface area contributed by atoms with Gasteiger partial charge >= 0.3 is 0 Å². The molecule has 0 aliphatic rings. The molecule has 0 saturated heterocycles. The van der Waals surface area contributed by atoms with Crippen molar-refractivity contribution in [3.63, 3.8) is 0 Å². The highest BCUT2D eigenvalue weighted by atomic mass is 35.5. The van der Waals surface area contributed by atoms with Crippen molar-refractivity contribution in [2.75, 3.05) is 11.9 Å². The maximum Gasteiger partial charge on any atom is 0.238 e. The average Bonchev–Trinajstić information content (AvgIpc) is 2.48. The fraction of sp³-hybridized carbons (Fsp3) is 0.0714. The van der Waals surface area contributed by atoms with Gasteiger partial charge in [-0.15, -0.1) is 0 Å². The molecule has 0 radical (unpaired) electrons. The molecule has 2 aromatic rings. The number of anilines is 1. The van der Waals surface area contributed by atoms with Crippen molar-refractivity contribution in [1.82, 2.24) is 0 Å². The Hall–Kier alpha value is -1.89. The molecule has 0 aliphatic heterocycles. The van der Waals surface area contributed by atoms with Gasteiger partial charge in [0.15, 0.2) is 0 Å². The second-order valence-corrected chi connectivity index (χ2v) is 6.62. The number of nitrogens with one attached hydrogen (secondary N) is 1. The van der Waals surface area contributed by atoms with E-state index in [1.54, 1.807) is 0 Å². The topological polar surface area (TPSA) is 89.3 Å². The molecule has 0 bridgehead atoms. The largest absolute Gasteiger partial charge is 0.325 e. The highest BCUT2D eigenvalue weighted by Gasteiger charge is 2.17. The Morgan fingerprint density at radius 2 is 1.48 bits per heavy atom. The number of sulfone groups is 1. The van der Waals surface area contributed by atoms with E-state index < -0.39 is 9.84 Å². The van der Waals surface area contributed by atoms with Gasteiger partial charge in [-0.25, -0.2) is 8.42 Å². The molecule has 1 amide bonds. The number of amides is 1. The van der Waals surface area contributed by atoms with Gasteiger partial charge in [-0.3, -0.25) is 4.79 Å². The summed E-state index contributed by atoms with van der Waals surface area (Å²) in [5.41, 5.74) is 5.68. The molecule has 5 nitrogen and oxygen atoms in total. The minimum absolute atomic E-state index is 0.134. The number of hydrogen-bond donors (Lipinski definition) is 2. The van der Waals surface area contributed by atoms with Crippen molar-refractivity contribution in [1.29, 1.82) is 0 Å². The van der Waals surface area contributed by atoms with Gasteiger partial charge in [-0.2, -0.15) is 0 Å². The second kappa shape index (κ2) is 6.26. The first-order chi connectivity index (χ1) is 9.93. The Morgan fingerprint density at radius 3 is 1.95 bits per heavy atom. The highest BCUT2D eigenvalue weighted by molar-refractivity contribution is 7.91. The predicted octanol–water partition coefficient (Wildman–Crippen LogP) is 2.07. The summed E-state index contributed by atoms with van der Waals surface area (Å²) in [5.74, 6) is -0.344. The molecule has 0 saturated carbocycles. The van der Waals surface area contributed by atoms with Gasteiger partial charge in [0.2, 0.25) is 15.7 Å². The summed E-state index contributed by atoms with van der Waals surface area (Å²) in [7, 11) is -3.60. The third kappa shape index (κ3) is 3.60. The van der Waals surface area contributed by atoms with Crippen LogP contribution in [-0.2, 0) is 14.6 Å². The summed E-state index contributed by atoms with van der Waals surface area (Å²) in [4.78, 5) is 11.4. The van der Waals surface area contributed by atoms with Crippen molar-refractivity contribution >= 4 is 33.0 Å². The number of benzene rings is 2. The normalized spacial score (nSPS) is 11.1. The Labute approximate surface area is 127 Å². The summed E-state index contributed by atoms with van der Waals surface area (Å²) in [6.07, 6.45) is 0. The summed E-state index contributed by atoms with van der Waals surface area (Å²) >= 11 is 5.75. The van der Waals surface area contributed by atoms with Crippen molar-refractivity contribution in [2.24, 2.45) is 5.73 Å². The second-order valence-electron chi connectivity index (χ2n) is 4.23. The number of hydrogen-bond acceptors (Lipinski definition) is 4. The maximum absolute atomic E-state index is 12.4. The van der Waals surface area contributed by atoms with Gasteiger partial charge in [0, 0.05) is 10.7 Å². The van der Waals surface area contributed by atoms with Crippen LogP contribution in [0, 0.1) is 0 Å². The third-order valence-corrected chi connectivity index (χ3v) is 4.80. The van der Waals surface area contributed by atoms with Crippen molar-refractivity contribution < 1.29 is 13.2 Å². The summed E-state index contributed by atoms with van der Waals surface area (Å²) < 4.78 is 24.8. The van der Waals surface area contributed by atoms with Crippen molar-refractivity contribution in [2.45, 2.75) is 9.79 Å². The minimum atomic E-state index is -3.60. The monoisotopic (exact) mass is 324 g/mol. The van der Waals surface area contributed by atoms with Crippen LogP contribution in [0.4, 0.5) is 5.69 Å². The summed E-state index contributed by atoms with van der Waals surface area (Å²) in [5, 5.41) is 3.01. The Bertz CT molecular complexity index is 741. The molecule has 21 heavy (non-hydrogen) atoms. The Morgan fingerprint density at radius 1 is 1.00 bits per heavy atom. The van der Waals surface area contributed by atoms with Gasteiger partial charge in [0.25, 0.3) is 0 Å². The maximum atomic E-state index is 12.4. The zero-order chi connectivity index (χ0) is 15.5. The minimum Gasteiger partial charge on any atom is -0.325 e. The van der Waals surface area contributed by atoms with Crippen LogP contribution in [0.1, 0.15) is 0 Å². The standard InChI is InChI=1S/C14H13ClN2O3S/c15-10-1-5-12(6-2-10)21(19,20)13-7-3-11(4-8-13)17-14(18)9-16/h1-8H,9,16H2,(H,17,18). The summed E-state index contributed by atoms with van der Waals surface area (Å²) in [6, 6.07) is 11.8. The van der Waals surface area contributed by atoms with Crippen molar-refractivity contribution in [3.8, 4) is 0 Å². The van der Waals surface area contributed by atoms with E-state index in [0.29, 0.717) is 10.7 Å². The van der Waals surface area contributed by atoms with Crippen LogP contribution in [0.3, 0.4) is 0 Å². The summed E-state index contributed by atoms with van der Waals surface area (Å²) in [6.45, 7) is -0.134. The van der Waals surface area contributed by atoms with Crippen LogP contribution in [0.15, 0.2) is 58.3 Å². The smallest absolute Gasteiger partial charge is 0.238 e. The quantitative estimate of drug-likeness (QED) is 0.901. The lowest BCUT2D eigenvalue weighted by Crippen LogP contribution is -2.21. The van der Waals surface area contributed by atoms with E-state index in [2.05, 4.69) is 5.32 Å². The van der Waals surface area contributed by atoms with Crippen LogP contribution in [0.5, 0.6) is 0 Å². The van der Waals surface area contributed by atoms with Gasteiger partial charge < -0.3 is 11.1 Å². The molecule has 7 heteroatoms. The zero-order valence-electron chi connectivity index (χ0n) is 10.9. The lowest BCUT2D eigenvalue weighted by atomic mass is 10.3.